The Balaban J connectivity index is 1.59. The number of nitrogens with one attached hydrogen (secondary N) is 1. The van der Waals surface area contributed by atoms with E-state index in [1.807, 2.05) is 6.07 Å². The number of nitrogens with zero attached hydrogens (tertiary/aromatic N) is 1. The molecule has 0 radical (unpaired) electrons. The third-order valence-corrected chi connectivity index (χ3v) is 5.32. The van der Waals surface area contributed by atoms with Crippen molar-refractivity contribution in [3.05, 3.63) is 66.0 Å². The van der Waals surface area contributed by atoms with Crippen molar-refractivity contribution < 1.29 is 22.3 Å². The molecule has 26 heavy (non-hydrogen) atoms. The topological polar surface area (TPSA) is 75.7 Å². The minimum absolute atomic E-state index is 0.0557. The van der Waals surface area contributed by atoms with Crippen molar-refractivity contribution in [3.8, 4) is 0 Å². The number of carbonyl (C=O) groups is 1. The number of benzene rings is 2. The van der Waals surface area contributed by atoms with Gasteiger partial charge in [-0.1, -0.05) is 30.3 Å². The quantitative estimate of drug-likeness (QED) is 0.830. The third kappa shape index (κ3) is 4.87. The van der Waals surface area contributed by atoms with Crippen molar-refractivity contribution >= 4 is 21.6 Å². The van der Waals surface area contributed by atoms with E-state index >= 15 is 0 Å². The van der Waals surface area contributed by atoms with Crippen molar-refractivity contribution in [2.45, 2.75) is 11.9 Å². The summed E-state index contributed by atoms with van der Waals surface area (Å²) in [6.07, 6.45) is -0.483. The fourth-order valence-electron chi connectivity index (χ4n) is 2.68. The summed E-state index contributed by atoms with van der Waals surface area (Å²) >= 11 is 0. The molecule has 1 amide bonds. The Hall–Kier alpha value is -2.29. The van der Waals surface area contributed by atoms with E-state index in [0.29, 0.717) is 11.3 Å². The summed E-state index contributed by atoms with van der Waals surface area (Å²) in [5.74, 6) is -0.763. The van der Waals surface area contributed by atoms with Crippen molar-refractivity contribution in [1.82, 2.24) is 4.72 Å². The van der Waals surface area contributed by atoms with E-state index in [2.05, 4.69) is 4.72 Å². The van der Waals surface area contributed by atoms with Crippen LogP contribution in [0.2, 0.25) is 0 Å². The molecule has 6 nitrogen and oxygen atoms in total. The van der Waals surface area contributed by atoms with Crippen LogP contribution < -0.4 is 9.62 Å². The molecule has 1 fully saturated rings. The zero-order valence-electron chi connectivity index (χ0n) is 14.0. The predicted molar refractivity (Wildman–Crippen MR) is 95.6 cm³/mol. The van der Waals surface area contributed by atoms with E-state index in [-0.39, 0.29) is 37.2 Å². The molecule has 1 atom stereocenters. The number of halogens is 1. The summed E-state index contributed by atoms with van der Waals surface area (Å²) in [5, 5.41) is 0. The first kappa shape index (κ1) is 18.5. The lowest BCUT2D eigenvalue weighted by molar-refractivity contribution is -0.129. The van der Waals surface area contributed by atoms with E-state index in [4.69, 9.17) is 4.74 Å². The highest BCUT2D eigenvalue weighted by molar-refractivity contribution is 7.88. The van der Waals surface area contributed by atoms with Crippen LogP contribution >= 0.6 is 0 Å². The summed E-state index contributed by atoms with van der Waals surface area (Å²) in [4.78, 5) is 13.5. The molecule has 0 aromatic heterocycles. The molecule has 0 aliphatic carbocycles. The van der Waals surface area contributed by atoms with Gasteiger partial charge in [-0.05, 0) is 29.8 Å². The molecular formula is C18H19FN2O4S. The van der Waals surface area contributed by atoms with Crippen LogP contribution in [0.4, 0.5) is 10.1 Å². The maximum atomic E-state index is 13.1. The highest BCUT2D eigenvalue weighted by atomic mass is 32.2. The molecule has 0 bridgehead atoms. The molecule has 1 unspecified atom stereocenters. The van der Waals surface area contributed by atoms with Crippen LogP contribution in [0.1, 0.15) is 5.56 Å². The third-order valence-electron chi connectivity index (χ3n) is 4.00. The van der Waals surface area contributed by atoms with E-state index in [1.165, 1.54) is 29.2 Å². The van der Waals surface area contributed by atoms with Crippen LogP contribution in [-0.2, 0) is 25.3 Å². The number of morpholine rings is 1. The first-order valence-corrected chi connectivity index (χ1v) is 9.77. The summed E-state index contributed by atoms with van der Waals surface area (Å²) in [5.41, 5.74) is 1.24. The van der Waals surface area contributed by atoms with Crippen molar-refractivity contribution in [3.63, 3.8) is 0 Å². The first-order valence-electron chi connectivity index (χ1n) is 8.12. The second kappa shape index (κ2) is 7.94. The van der Waals surface area contributed by atoms with Crippen LogP contribution in [-0.4, -0.2) is 40.1 Å². The lowest BCUT2D eigenvalue weighted by Crippen LogP contribution is -2.50. The van der Waals surface area contributed by atoms with Gasteiger partial charge in [0.1, 0.15) is 12.4 Å². The van der Waals surface area contributed by atoms with Crippen LogP contribution in [0.5, 0.6) is 0 Å². The number of amides is 1. The van der Waals surface area contributed by atoms with Gasteiger partial charge in [-0.2, -0.15) is 0 Å². The Morgan fingerprint density at radius 3 is 2.50 bits per heavy atom. The number of hydrogen-bond acceptors (Lipinski definition) is 4. The van der Waals surface area contributed by atoms with Gasteiger partial charge in [0, 0.05) is 12.2 Å². The molecule has 1 N–H and O–H groups in total. The van der Waals surface area contributed by atoms with Crippen LogP contribution in [0.15, 0.2) is 54.6 Å². The Morgan fingerprint density at radius 1 is 1.12 bits per heavy atom. The fraction of sp³-hybridized carbons (Fsp3) is 0.278. The Bertz CT molecular complexity index is 857. The molecule has 3 rings (SSSR count). The Morgan fingerprint density at radius 2 is 1.81 bits per heavy atom. The van der Waals surface area contributed by atoms with Gasteiger partial charge in [0.15, 0.2) is 0 Å². The lowest BCUT2D eigenvalue weighted by Gasteiger charge is -2.32. The molecular weight excluding hydrogens is 359 g/mol. The Kier molecular flexibility index (Phi) is 5.65. The lowest BCUT2D eigenvalue weighted by atomic mass is 10.2. The second-order valence-electron chi connectivity index (χ2n) is 6.01. The zero-order valence-corrected chi connectivity index (χ0v) is 14.8. The highest BCUT2D eigenvalue weighted by Crippen LogP contribution is 2.19. The fourth-order valence-corrected chi connectivity index (χ4v) is 3.86. The van der Waals surface area contributed by atoms with E-state index in [9.17, 15) is 17.6 Å². The average molecular weight is 378 g/mol. The number of carbonyl (C=O) groups excluding carboxylic acids is 1. The van der Waals surface area contributed by atoms with Gasteiger partial charge in [-0.3, -0.25) is 4.79 Å². The number of anilines is 1. The van der Waals surface area contributed by atoms with Crippen molar-refractivity contribution in [2.24, 2.45) is 0 Å². The van der Waals surface area contributed by atoms with Crippen molar-refractivity contribution in [1.29, 1.82) is 0 Å². The van der Waals surface area contributed by atoms with Crippen LogP contribution in [0, 0.1) is 5.82 Å². The van der Waals surface area contributed by atoms with Gasteiger partial charge in [0.25, 0.3) is 5.91 Å². The standard InChI is InChI=1S/C18H19FN2O4S/c19-15-6-8-16(9-7-15)21-11-17(25-12-18(21)22)10-20-26(23,24)13-14-4-2-1-3-5-14/h1-9,17,20H,10-13H2. The second-order valence-corrected chi connectivity index (χ2v) is 7.81. The summed E-state index contributed by atoms with van der Waals surface area (Å²) in [6, 6.07) is 14.4. The van der Waals surface area contributed by atoms with Gasteiger partial charge in [-0.25, -0.2) is 17.5 Å². The monoisotopic (exact) mass is 378 g/mol. The average Bonchev–Trinajstić information content (AvgIpc) is 2.62. The van der Waals surface area contributed by atoms with E-state index in [0.717, 1.165) is 0 Å². The molecule has 0 saturated carbocycles. The van der Waals surface area contributed by atoms with Crippen LogP contribution in [0.3, 0.4) is 0 Å². The maximum Gasteiger partial charge on any atom is 0.253 e. The van der Waals surface area contributed by atoms with Crippen LogP contribution in [0.25, 0.3) is 0 Å². The number of hydrogen-bond donors (Lipinski definition) is 1. The number of ether oxygens (including phenoxy) is 1. The van der Waals surface area contributed by atoms with E-state index < -0.39 is 16.1 Å². The molecule has 2 aromatic rings. The van der Waals surface area contributed by atoms with E-state index in [1.54, 1.807) is 24.3 Å². The minimum atomic E-state index is -3.52. The van der Waals surface area contributed by atoms with Gasteiger partial charge in [0.2, 0.25) is 10.0 Å². The molecule has 0 spiro atoms. The highest BCUT2D eigenvalue weighted by Gasteiger charge is 2.28. The SMILES string of the molecule is O=C1COC(CNS(=O)(=O)Cc2ccccc2)CN1c1ccc(F)cc1. The van der Waals surface area contributed by atoms with Gasteiger partial charge < -0.3 is 9.64 Å². The first-order chi connectivity index (χ1) is 12.4. The van der Waals surface area contributed by atoms with Gasteiger partial charge in [0.05, 0.1) is 18.4 Å². The minimum Gasteiger partial charge on any atom is -0.365 e. The number of sulfonamides is 1. The molecule has 8 heteroatoms. The number of rotatable bonds is 6. The summed E-state index contributed by atoms with van der Waals surface area (Å²) < 4.78 is 45.4. The smallest absolute Gasteiger partial charge is 0.253 e. The summed E-state index contributed by atoms with van der Waals surface area (Å²) in [7, 11) is -3.52. The molecule has 1 saturated heterocycles. The van der Waals surface area contributed by atoms with Gasteiger partial charge >= 0.3 is 0 Å². The molecule has 138 valence electrons. The van der Waals surface area contributed by atoms with Crippen molar-refractivity contribution in [2.75, 3.05) is 24.6 Å². The normalized spacial score (nSPS) is 18.1. The maximum absolute atomic E-state index is 13.1. The largest absolute Gasteiger partial charge is 0.365 e. The Labute approximate surface area is 151 Å². The predicted octanol–water partition coefficient (Wildman–Crippen LogP) is 1.68. The van der Waals surface area contributed by atoms with Gasteiger partial charge in [-0.15, -0.1) is 0 Å². The zero-order chi connectivity index (χ0) is 18.6. The molecule has 1 aliphatic heterocycles. The summed E-state index contributed by atoms with van der Waals surface area (Å²) in [6.45, 7) is 0.0981. The molecule has 1 heterocycles. The molecule has 1 aliphatic rings. The molecule has 2 aromatic carbocycles.